The lowest BCUT2D eigenvalue weighted by atomic mass is 10.1. The van der Waals surface area contributed by atoms with Crippen LogP contribution in [0.25, 0.3) is 0 Å². The van der Waals surface area contributed by atoms with Gasteiger partial charge in [-0.25, -0.2) is 16.8 Å². The average Bonchev–Trinajstić information content (AvgIpc) is 2.67. The zero-order valence-corrected chi connectivity index (χ0v) is 15.4. The Balaban J connectivity index is 2.51. The van der Waals surface area contributed by atoms with Gasteiger partial charge in [0.15, 0.2) is 9.84 Å². The number of rotatable bonds is 4. The molecule has 0 saturated carbocycles. The van der Waals surface area contributed by atoms with E-state index in [1.807, 2.05) is 13.8 Å². The smallest absolute Gasteiger partial charge is 0.243 e. The van der Waals surface area contributed by atoms with Crippen LogP contribution in [0.2, 0.25) is 0 Å². The lowest BCUT2D eigenvalue weighted by molar-refractivity contribution is 0.130. The maximum absolute atomic E-state index is 13.0. The average molecular weight is 361 g/mol. The fraction of sp³-hybridized carbons (Fsp3) is 0.600. The number of benzene rings is 1. The monoisotopic (exact) mass is 361 g/mol. The number of aliphatic hydroxyl groups excluding tert-OH is 1. The fourth-order valence-corrected chi connectivity index (χ4v) is 6.86. The van der Waals surface area contributed by atoms with Crippen LogP contribution in [0.4, 0.5) is 0 Å². The maximum Gasteiger partial charge on any atom is 0.243 e. The van der Waals surface area contributed by atoms with E-state index in [-0.39, 0.29) is 17.2 Å². The summed E-state index contributed by atoms with van der Waals surface area (Å²) in [5.74, 6) is -0.735. The topological polar surface area (TPSA) is 91.8 Å². The first-order chi connectivity index (χ1) is 10.5. The lowest BCUT2D eigenvalue weighted by Gasteiger charge is -2.29. The molecule has 0 radical (unpaired) electrons. The summed E-state index contributed by atoms with van der Waals surface area (Å²) in [4.78, 5) is 0.166. The Morgan fingerprint density at radius 3 is 2.17 bits per heavy atom. The van der Waals surface area contributed by atoms with Crippen molar-refractivity contribution in [2.75, 3.05) is 18.1 Å². The summed E-state index contributed by atoms with van der Waals surface area (Å²) in [7, 11) is -7.30. The molecule has 0 bridgehead atoms. The predicted molar refractivity (Wildman–Crippen MR) is 88.7 cm³/mol. The van der Waals surface area contributed by atoms with Crippen molar-refractivity contribution in [1.82, 2.24) is 4.31 Å². The highest BCUT2D eigenvalue weighted by atomic mass is 32.2. The number of hydrogen-bond acceptors (Lipinski definition) is 5. The van der Waals surface area contributed by atoms with Crippen LogP contribution in [0.15, 0.2) is 17.0 Å². The van der Waals surface area contributed by atoms with Crippen LogP contribution in [-0.4, -0.2) is 56.4 Å². The van der Waals surface area contributed by atoms with Crippen molar-refractivity contribution in [2.45, 2.75) is 44.7 Å². The van der Waals surface area contributed by atoms with E-state index in [1.54, 1.807) is 26.0 Å². The summed E-state index contributed by atoms with van der Waals surface area (Å²) in [6.45, 7) is 7.20. The SMILES string of the molecule is CCN([C@H]1CS(=O)(=O)C[C@H]1O)S(=O)(=O)c1cc(C)c(C)cc1C. The molecule has 8 heteroatoms. The Labute approximate surface area is 138 Å². The molecule has 2 atom stereocenters. The van der Waals surface area contributed by atoms with Crippen molar-refractivity contribution in [2.24, 2.45) is 0 Å². The molecule has 1 aliphatic heterocycles. The highest BCUT2D eigenvalue weighted by Gasteiger charge is 2.44. The molecule has 130 valence electrons. The van der Waals surface area contributed by atoms with Crippen LogP contribution in [0.3, 0.4) is 0 Å². The summed E-state index contributed by atoms with van der Waals surface area (Å²) in [5.41, 5.74) is 2.46. The summed E-state index contributed by atoms with van der Waals surface area (Å²) in [5, 5.41) is 10.0. The highest BCUT2D eigenvalue weighted by molar-refractivity contribution is 7.92. The van der Waals surface area contributed by atoms with E-state index in [0.29, 0.717) is 5.56 Å². The number of sulfone groups is 1. The summed E-state index contributed by atoms with van der Waals surface area (Å²) in [6, 6.07) is 2.48. The molecule has 1 aromatic carbocycles. The van der Waals surface area contributed by atoms with Crippen molar-refractivity contribution in [3.63, 3.8) is 0 Å². The van der Waals surface area contributed by atoms with Crippen LogP contribution in [0.5, 0.6) is 0 Å². The van der Waals surface area contributed by atoms with E-state index in [4.69, 9.17) is 0 Å². The van der Waals surface area contributed by atoms with E-state index in [1.165, 1.54) is 0 Å². The summed E-state index contributed by atoms with van der Waals surface area (Å²) >= 11 is 0. The molecule has 0 aromatic heterocycles. The second-order valence-corrected chi connectivity index (χ2v) is 10.1. The van der Waals surface area contributed by atoms with E-state index in [2.05, 4.69) is 0 Å². The van der Waals surface area contributed by atoms with Crippen molar-refractivity contribution in [3.8, 4) is 0 Å². The molecular formula is C15H23NO5S2. The number of sulfonamides is 1. The summed E-state index contributed by atoms with van der Waals surface area (Å²) < 4.78 is 50.6. The number of likely N-dealkylation sites (N-methyl/N-ethyl adjacent to an activating group) is 1. The zero-order valence-electron chi connectivity index (χ0n) is 13.8. The fourth-order valence-electron chi connectivity index (χ4n) is 3.01. The van der Waals surface area contributed by atoms with Gasteiger partial charge in [-0.2, -0.15) is 4.31 Å². The van der Waals surface area contributed by atoms with Crippen molar-refractivity contribution in [1.29, 1.82) is 0 Å². The van der Waals surface area contributed by atoms with E-state index in [0.717, 1.165) is 15.4 Å². The normalized spacial score (nSPS) is 24.3. The van der Waals surface area contributed by atoms with Crippen LogP contribution in [-0.2, 0) is 19.9 Å². The summed E-state index contributed by atoms with van der Waals surface area (Å²) in [6.07, 6.45) is -1.19. The number of nitrogens with zero attached hydrogens (tertiary/aromatic N) is 1. The molecule has 2 rings (SSSR count). The van der Waals surface area contributed by atoms with Gasteiger partial charge in [-0.15, -0.1) is 0 Å². The second kappa shape index (κ2) is 6.16. The van der Waals surface area contributed by atoms with Gasteiger partial charge < -0.3 is 5.11 Å². The van der Waals surface area contributed by atoms with Gasteiger partial charge in [0.25, 0.3) is 0 Å². The van der Waals surface area contributed by atoms with Gasteiger partial charge in [0.1, 0.15) is 0 Å². The van der Waals surface area contributed by atoms with Crippen LogP contribution < -0.4 is 0 Å². The van der Waals surface area contributed by atoms with Crippen LogP contribution in [0, 0.1) is 20.8 Å². The molecule has 1 aliphatic rings. The van der Waals surface area contributed by atoms with Gasteiger partial charge in [-0.1, -0.05) is 13.0 Å². The van der Waals surface area contributed by atoms with Crippen molar-refractivity contribution >= 4 is 19.9 Å². The van der Waals surface area contributed by atoms with Crippen molar-refractivity contribution in [3.05, 3.63) is 28.8 Å². The molecule has 0 unspecified atom stereocenters. The molecule has 0 aliphatic carbocycles. The Morgan fingerprint density at radius 2 is 1.70 bits per heavy atom. The standard InChI is InChI=1S/C15H23NO5S2/c1-5-16(13-8-22(18,19)9-14(13)17)23(20,21)15-7-11(3)10(2)6-12(15)4/h6-7,13-14,17H,5,8-9H2,1-4H3/t13-,14+/m0/s1. The number of aliphatic hydroxyl groups is 1. The lowest BCUT2D eigenvalue weighted by Crippen LogP contribution is -2.46. The van der Waals surface area contributed by atoms with E-state index >= 15 is 0 Å². The maximum atomic E-state index is 13.0. The number of hydrogen-bond donors (Lipinski definition) is 1. The van der Waals surface area contributed by atoms with E-state index < -0.39 is 37.8 Å². The molecule has 0 amide bonds. The molecule has 1 saturated heterocycles. The molecule has 1 heterocycles. The van der Waals surface area contributed by atoms with Gasteiger partial charge >= 0.3 is 0 Å². The minimum Gasteiger partial charge on any atom is -0.390 e. The largest absolute Gasteiger partial charge is 0.390 e. The first-order valence-corrected chi connectivity index (χ1v) is 10.7. The Morgan fingerprint density at radius 1 is 1.13 bits per heavy atom. The van der Waals surface area contributed by atoms with Gasteiger partial charge in [0.2, 0.25) is 10.0 Å². The van der Waals surface area contributed by atoms with Crippen LogP contribution >= 0.6 is 0 Å². The molecule has 0 spiro atoms. The minimum atomic E-state index is -3.88. The van der Waals surface area contributed by atoms with Gasteiger partial charge in [0, 0.05) is 6.54 Å². The van der Waals surface area contributed by atoms with Gasteiger partial charge in [-0.3, -0.25) is 0 Å². The Bertz CT molecular complexity index is 815. The minimum absolute atomic E-state index is 0.103. The Hall–Kier alpha value is -0.960. The molecule has 6 nitrogen and oxygen atoms in total. The third kappa shape index (κ3) is 3.45. The third-order valence-electron chi connectivity index (χ3n) is 4.35. The zero-order chi connectivity index (χ0) is 17.6. The quantitative estimate of drug-likeness (QED) is 0.856. The molecule has 1 N–H and O–H groups in total. The predicted octanol–water partition coefficient (Wildman–Crippen LogP) is 0.780. The van der Waals surface area contributed by atoms with Crippen LogP contribution in [0.1, 0.15) is 23.6 Å². The van der Waals surface area contributed by atoms with Gasteiger partial charge in [-0.05, 0) is 43.5 Å². The second-order valence-electron chi connectivity index (χ2n) is 6.12. The third-order valence-corrected chi connectivity index (χ3v) is 8.19. The van der Waals surface area contributed by atoms with Crippen molar-refractivity contribution < 1.29 is 21.9 Å². The molecule has 23 heavy (non-hydrogen) atoms. The molecular weight excluding hydrogens is 338 g/mol. The van der Waals surface area contributed by atoms with E-state index in [9.17, 15) is 21.9 Å². The Kier molecular flexibility index (Phi) is 4.92. The molecule has 1 aromatic rings. The highest BCUT2D eigenvalue weighted by Crippen LogP contribution is 2.28. The first kappa shape index (κ1) is 18.4. The van der Waals surface area contributed by atoms with Gasteiger partial charge in [0.05, 0.1) is 28.5 Å². The first-order valence-electron chi connectivity index (χ1n) is 7.47. The molecule has 1 fully saturated rings. The number of aryl methyl sites for hydroxylation is 3.